The Hall–Kier alpha value is -2.38. The van der Waals surface area contributed by atoms with Crippen molar-refractivity contribution in [3.8, 4) is 0 Å². The van der Waals surface area contributed by atoms with E-state index in [0.29, 0.717) is 5.69 Å². The molecule has 0 saturated carbocycles. The predicted molar refractivity (Wildman–Crippen MR) is 62.1 cm³/mol. The third-order valence-corrected chi connectivity index (χ3v) is 2.34. The molecule has 100 valence electrons. The highest BCUT2D eigenvalue weighted by Gasteiger charge is 2.29. The lowest BCUT2D eigenvalue weighted by molar-refractivity contribution is -0.137. The molecule has 8 heteroatoms. The first-order chi connectivity index (χ1) is 8.86. The Labute approximate surface area is 105 Å². The summed E-state index contributed by atoms with van der Waals surface area (Å²) in [5.74, 6) is 0.0651. The molecule has 0 aliphatic heterocycles. The van der Waals surface area contributed by atoms with Gasteiger partial charge in [-0.05, 0) is 31.2 Å². The van der Waals surface area contributed by atoms with Crippen LogP contribution in [0.15, 0.2) is 29.1 Å². The summed E-state index contributed by atoms with van der Waals surface area (Å²) < 4.78 is 37.1. The largest absolute Gasteiger partial charge is 0.416 e. The number of hydrogen-bond donors (Lipinski definition) is 2. The first-order valence-electron chi connectivity index (χ1n) is 5.24. The van der Waals surface area contributed by atoms with Gasteiger partial charge in [0, 0.05) is 5.69 Å². The van der Waals surface area contributed by atoms with Gasteiger partial charge in [0.05, 0.1) is 5.56 Å². The van der Waals surface area contributed by atoms with E-state index in [-0.39, 0.29) is 11.6 Å². The van der Waals surface area contributed by atoms with Gasteiger partial charge < -0.3 is 5.32 Å². The zero-order valence-corrected chi connectivity index (χ0v) is 9.75. The predicted octanol–water partition coefficient (Wildman–Crippen LogP) is 2.24. The van der Waals surface area contributed by atoms with Crippen LogP contribution in [0.5, 0.6) is 0 Å². The Morgan fingerprint density at radius 1 is 1.16 bits per heavy atom. The van der Waals surface area contributed by atoms with Crippen LogP contribution in [0.4, 0.5) is 24.8 Å². The van der Waals surface area contributed by atoms with Crippen LogP contribution >= 0.6 is 0 Å². The van der Waals surface area contributed by atoms with Gasteiger partial charge >= 0.3 is 6.18 Å². The molecule has 0 saturated heterocycles. The highest BCUT2D eigenvalue weighted by Crippen LogP contribution is 2.30. The SMILES string of the molecule is Cc1nnc(Nc2ccc(C(F)(F)F)cc2)[nH]c1=O. The fourth-order valence-electron chi connectivity index (χ4n) is 1.33. The molecule has 5 nitrogen and oxygen atoms in total. The third kappa shape index (κ3) is 3.09. The number of anilines is 2. The molecule has 0 amide bonds. The number of alkyl halides is 3. The van der Waals surface area contributed by atoms with Crippen LogP contribution in [-0.4, -0.2) is 15.2 Å². The molecular formula is C11H9F3N4O. The normalized spacial score (nSPS) is 11.4. The smallest absolute Gasteiger partial charge is 0.324 e. The second kappa shape index (κ2) is 4.71. The van der Waals surface area contributed by atoms with Gasteiger partial charge in [0.2, 0.25) is 5.95 Å². The summed E-state index contributed by atoms with van der Waals surface area (Å²) in [7, 11) is 0. The van der Waals surface area contributed by atoms with Crippen LogP contribution in [0.2, 0.25) is 0 Å². The maximum absolute atomic E-state index is 12.4. The van der Waals surface area contributed by atoms with Gasteiger partial charge in [-0.1, -0.05) is 0 Å². The van der Waals surface area contributed by atoms with Gasteiger partial charge in [-0.15, -0.1) is 10.2 Å². The van der Waals surface area contributed by atoms with E-state index < -0.39 is 17.3 Å². The molecule has 0 atom stereocenters. The van der Waals surface area contributed by atoms with Crippen molar-refractivity contribution in [3.63, 3.8) is 0 Å². The number of H-pyrrole nitrogens is 1. The fraction of sp³-hybridized carbons (Fsp3) is 0.182. The summed E-state index contributed by atoms with van der Waals surface area (Å²) in [4.78, 5) is 13.7. The highest BCUT2D eigenvalue weighted by atomic mass is 19.4. The first-order valence-corrected chi connectivity index (χ1v) is 5.24. The van der Waals surface area contributed by atoms with E-state index >= 15 is 0 Å². The monoisotopic (exact) mass is 270 g/mol. The molecule has 0 aliphatic rings. The highest BCUT2D eigenvalue weighted by molar-refractivity contribution is 5.53. The van der Waals surface area contributed by atoms with Crippen molar-refractivity contribution >= 4 is 11.6 Å². The van der Waals surface area contributed by atoms with Gasteiger partial charge in [-0.25, -0.2) is 0 Å². The molecule has 2 N–H and O–H groups in total. The first kappa shape index (κ1) is 13.1. The van der Waals surface area contributed by atoms with Crippen LogP contribution in [0.3, 0.4) is 0 Å². The maximum Gasteiger partial charge on any atom is 0.416 e. The van der Waals surface area contributed by atoms with Gasteiger partial charge in [0.1, 0.15) is 5.69 Å². The molecule has 1 aromatic heterocycles. The number of nitrogens with one attached hydrogen (secondary N) is 2. The quantitative estimate of drug-likeness (QED) is 0.878. The van der Waals surface area contributed by atoms with Gasteiger partial charge in [-0.2, -0.15) is 13.2 Å². The van der Waals surface area contributed by atoms with Crippen molar-refractivity contribution in [2.45, 2.75) is 13.1 Å². The molecule has 0 unspecified atom stereocenters. The van der Waals surface area contributed by atoms with Gasteiger partial charge in [0.25, 0.3) is 5.56 Å². The number of aromatic amines is 1. The zero-order chi connectivity index (χ0) is 14.0. The van der Waals surface area contributed by atoms with E-state index in [4.69, 9.17) is 0 Å². The standard InChI is InChI=1S/C11H9F3N4O/c1-6-9(19)16-10(18-17-6)15-8-4-2-7(3-5-8)11(12,13)14/h2-5H,1H3,(H2,15,16,18,19). The van der Waals surface area contributed by atoms with E-state index in [2.05, 4.69) is 20.5 Å². The average molecular weight is 270 g/mol. The average Bonchev–Trinajstić information content (AvgIpc) is 2.33. The minimum atomic E-state index is -4.38. The maximum atomic E-state index is 12.4. The number of nitrogens with zero attached hydrogens (tertiary/aromatic N) is 2. The molecular weight excluding hydrogens is 261 g/mol. The summed E-state index contributed by atoms with van der Waals surface area (Å²) in [6.07, 6.45) is -4.38. The molecule has 2 rings (SSSR count). The van der Waals surface area contributed by atoms with Crippen molar-refractivity contribution in [2.24, 2.45) is 0 Å². The lowest BCUT2D eigenvalue weighted by Gasteiger charge is -2.08. The molecule has 0 aliphatic carbocycles. The number of aromatic nitrogens is 3. The molecule has 0 fully saturated rings. The lowest BCUT2D eigenvalue weighted by atomic mass is 10.2. The lowest BCUT2D eigenvalue weighted by Crippen LogP contribution is -2.15. The summed E-state index contributed by atoms with van der Waals surface area (Å²) in [5.41, 5.74) is -0.592. The summed E-state index contributed by atoms with van der Waals surface area (Å²) in [5, 5.41) is 9.92. The van der Waals surface area contributed by atoms with Crippen molar-refractivity contribution in [1.82, 2.24) is 15.2 Å². The van der Waals surface area contributed by atoms with Gasteiger partial charge in [-0.3, -0.25) is 9.78 Å². The Morgan fingerprint density at radius 2 is 1.79 bits per heavy atom. The van der Waals surface area contributed by atoms with E-state index in [9.17, 15) is 18.0 Å². The van der Waals surface area contributed by atoms with Gasteiger partial charge in [0.15, 0.2) is 0 Å². The van der Waals surface area contributed by atoms with Crippen LogP contribution in [0, 0.1) is 6.92 Å². The number of benzene rings is 1. The molecule has 0 radical (unpaired) electrons. The number of hydrogen-bond acceptors (Lipinski definition) is 4. The Kier molecular flexibility index (Phi) is 3.24. The van der Waals surface area contributed by atoms with Crippen molar-refractivity contribution in [3.05, 3.63) is 45.9 Å². The third-order valence-electron chi connectivity index (χ3n) is 2.34. The molecule has 0 bridgehead atoms. The van der Waals surface area contributed by atoms with Crippen LogP contribution in [0.25, 0.3) is 0 Å². The van der Waals surface area contributed by atoms with Crippen LogP contribution < -0.4 is 10.9 Å². The van der Waals surface area contributed by atoms with Crippen LogP contribution in [-0.2, 0) is 6.18 Å². The molecule has 0 spiro atoms. The van der Waals surface area contributed by atoms with E-state index in [1.807, 2.05) is 0 Å². The molecule has 19 heavy (non-hydrogen) atoms. The minimum absolute atomic E-state index is 0.0651. The summed E-state index contributed by atoms with van der Waals surface area (Å²) >= 11 is 0. The number of rotatable bonds is 2. The molecule has 2 aromatic rings. The molecule has 1 aromatic carbocycles. The zero-order valence-electron chi connectivity index (χ0n) is 9.75. The van der Waals surface area contributed by atoms with Crippen LogP contribution in [0.1, 0.15) is 11.3 Å². The number of halogens is 3. The number of aryl methyl sites for hydroxylation is 1. The van der Waals surface area contributed by atoms with E-state index in [1.54, 1.807) is 0 Å². The second-order valence-electron chi connectivity index (χ2n) is 3.79. The Bertz CT molecular complexity index is 634. The fourth-order valence-corrected chi connectivity index (χ4v) is 1.33. The van der Waals surface area contributed by atoms with Crippen molar-refractivity contribution in [2.75, 3.05) is 5.32 Å². The minimum Gasteiger partial charge on any atom is -0.324 e. The topological polar surface area (TPSA) is 70.7 Å². The van der Waals surface area contributed by atoms with E-state index in [1.165, 1.54) is 19.1 Å². The second-order valence-corrected chi connectivity index (χ2v) is 3.79. The van der Waals surface area contributed by atoms with Crippen molar-refractivity contribution < 1.29 is 13.2 Å². The van der Waals surface area contributed by atoms with E-state index in [0.717, 1.165) is 12.1 Å². The summed E-state index contributed by atoms with van der Waals surface area (Å²) in [6.45, 7) is 1.49. The molecule has 1 heterocycles. The Morgan fingerprint density at radius 3 is 2.32 bits per heavy atom. The summed E-state index contributed by atoms with van der Waals surface area (Å²) in [6, 6.07) is 4.34. The Balaban J connectivity index is 2.20. The van der Waals surface area contributed by atoms with Crippen molar-refractivity contribution in [1.29, 1.82) is 0 Å².